The summed E-state index contributed by atoms with van der Waals surface area (Å²) < 4.78 is 32.6. The van der Waals surface area contributed by atoms with Crippen molar-refractivity contribution >= 4 is 10.0 Å². The van der Waals surface area contributed by atoms with E-state index in [2.05, 4.69) is 4.72 Å². The van der Waals surface area contributed by atoms with E-state index in [1.54, 1.807) is 12.1 Å². The standard InChI is InChI=1S/C18H23NO3S/c1-13-5-7-17(11-15(13)3)22-10-9-19-23(20,21)18-8-6-14(2)16(4)12-18/h5-8,11-12,19H,9-10H2,1-4H3. The van der Waals surface area contributed by atoms with Crippen molar-refractivity contribution < 1.29 is 13.2 Å². The molecule has 0 saturated carbocycles. The summed E-state index contributed by atoms with van der Waals surface area (Å²) in [5.74, 6) is 0.749. The summed E-state index contributed by atoms with van der Waals surface area (Å²) in [6.07, 6.45) is 0. The lowest BCUT2D eigenvalue weighted by molar-refractivity contribution is 0.322. The normalized spacial score (nSPS) is 11.5. The smallest absolute Gasteiger partial charge is 0.240 e. The zero-order valence-electron chi connectivity index (χ0n) is 14.0. The van der Waals surface area contributed by atoms with Crippen molar-refractivity contribution in [3.05, 3.63) is 58.7 Å². The molecule has 23 heavy (non-hydrogen) atoms. The van der Waals surface area contributed by atoms with Gasteiger partial charge in [-0.1, -0.05) is 12.1 Å². The van der Waals surface area contributed by atoms with E-state index in [0.717, 1.165) is 22.4 Å². The van der Waals surface area contributed by atoms with Gasteiger partial charge in [0.25, 0.3) is 0 Å². The van der Waals surface area contributed by atoms with Crippen molar-refractivity contribution in [1.29, 1.82) is 0 Å². The fraction of sp³-hybridized carbons (Fsp3) is 0.333. The molecule has 0 aromatic heterocycles. The maximum absolute atomic E-state index is 12.2. The van der Waals surface area contributed by atoms with Crippen LogP contribution >= 0.6 is 0 Å². The highest BCUT2D eigenvalue weighted by atomic mass is 32.2. The Morgan fingerprint density at radius 3 is 2.09 bits per heavy atom. The number of nitrogens with one attached hydrogen (secondary N) is 1. The van der Waals surface area contributed by atoms with E-state index >= 15 is 0 Å². The van der Waals surface area contributed by atoms with Gasteiger partial charge in [0.2, 0.25) is 10.0 Å². The zero-order chi connectivity index (χ0) is 17.0. The third-order valence-electron chi connectivity index (χ3n) is 3.93. The van der Waals surface area contributed by atoms with Crippen molar-refractivity contribution in [3.63, 3.8) is 0 Å². The Morgan fingerprint density at radius 2 is 1.48 bits per heavy atom. The van der Waals surface area contributed by atoms with Gasteiger partial charge in [0, 0.05) is 6.54 Å². The summed E-state index contributed by atoms with van der Waals surface area (Å²) in [7, 11) is -3.50. The second kappa shape index (κ2) is 7.15. The van der Waals surface area contributed by atoms with Crippen LogP contribution in [0.2, 0.25) is 0 Å². The number of aryl methyl sites for hydroxylation is 4. The molecule has 0 bridgehead atoms. The summed E-state index contributed by atoms with van der Waals surface area (Å²) >= 11 is 0. The molecule has 1 N–H and O–H groups in total. The fourth-order valence-corrected chi connectivity index (χ4v) is 3.21. The first-order chi connectivity index (χ1) is 10.8. The van der Waals surface area contributed by atoms with Crippen LogP contribution < -0.4 is 9.46 Å². The fourth-order valence-electron chi connectivity index (χ4n) is 2.11. The Balaban J connectivity index is 1.92. The predicted molar refractivity (Wildman–Crippen MR) is 92.5 cm³/mol. The Morgan fingerprint density at radius 1 is 0.870 bits per heavy atom. The lowest BCUT2D eigenvalue weighted by atomic mass is 10.1. The van der Waals surface area contributed by atoms with Gasteiger partial charge in [0.15, 0.2) is 0 Å². The van der Waals surface area contributed by atoms with Gasteiger partial charge < -0.3 is 4.74 Å². The lowest BCUT2D eigenvalue weighted by Gasteiger charge is -2.10. The van der Waals surface area contributed by atoms with Gasteiger partial charge in [-0.05, 0) is 74.2 Å². The number of ether oxygens (including phenoxy) is 1. The number of rotatable bonds is 6. The topological polar surface area (TPSA) is 55.4 Å². The number of sulfonamides is 1. The Kier molecular flexibility index (Phi) is 5.44. The van der Waals surface area contributed by atoms with Gasteiger partial charge in [0.1, 0.15) is 12.4 Å². The van der Waals surface area contributed by atoms with Crippen LogP contribution in [0.15, 0.2) is 41.3 Å². The first-order valence-electron chi connectivity index (χ1n) is 7.56. The van der Waals surface area contributed by atoms with E-state index in [4.69, 9.17) is 4.74 Å². The van der Waals surface area contributed by atoms with Crippen LogP contribution in [0.1, 0.15) is 22.3 Å². The van der Waals surface area contributed by atoms with Crippen molar-refractivity contribution in [3.8, 4) is 5.75 Å². The quantitative estimate of drug-likeness (QED) is 0.826. The molecule has 0 fully saturated rings. The minimum atomic E-state index is -3.50. The molecule has 0 aliphatic heterocycles. The molecule has 124 valence electrons. The molecule has 0 radical (unpaired) electrons. The maximum Gasteiger partial charge on any atom is 0.240 e. The van der Waals surface area contributed by atoms with Gasteiger partial charge in [-0.2, -0.15) is 0 Å². The molecule has 0 aliphatic rings. The molecular formula is C18H23NO3S. The molecule has 2 rings (SSSR count). The van der Waals surface area contributed by atoms with Crippen LogP contribution in [0, 0.1) is 27.7 Å². The van der Waals surface area contributed by atoms with E-state index in [1.807, 2.05) is 52.0 Å². The van der Waals surface area contributed by atoms with E-state index in [1.165, 1.54) is 5.56 Å². The van der Waals surface area contributed by atoms with E-state index < -0.39 is 10.0 Å². The molecule has 4 nitrogen and oxygen atoms in total. The van der Waals surface area contributed by atoms with Gasteiger partial charge in [-0.25, -0.2) is 13.1 Å². The molecule has 2 aromatic carbocycles. The van der Waals surface area contributed by atoms with Crippen LogP contribution in [-0.4, -0.2) is 21.6 Å². The third kappa shape index (κ3) is 4.56. The molecular weight excluding hydrogens is 310 g/mol. The first-order valence-corrected chi connectivity index (χ1v) is 9.05. The SMILES string of the molecule is Cc1ccc(OCCNS(=O)(=O)c2ccc(C)c(C)c2)cc1C. The Hall–Kier alpha value is -1.85. The van der Waals surface area contributed by atoms with E-state index in [-0.39, 0.29) is 18.0 Å². The van der Waals surface area contributed by atoms with Crippen molar-refractivity contribution in [1.82, 2.24) is 4.72 Å². The Bertz CT molecular complexity index is 798. The van der Waals surface area contributed by atoms with Crippen LogP contribution in [0.3, 0.4) is 0 Å². The number of benzene rings is 2. The van der Waals surface area contributed by atoms with Gasteiger partial charge in [-0.15, -0.1) is 0 Å². The molecule has 0 unspecified atom stereocenters. The first kappa shape index (κ1) is 17.5. The summed E-state index contributed by atoms with van der Waals surface area (Å²) in [5, 5.41) is 0. The van der Waals surface area contributed by atoms with Gasteiger partial charge in [0.05, 0.1) is 4.90 Å². The summed E-state index contributed by atoms with van der Waals surface area (Å²) in [5.41, 5.74) is 4.38. The van der Waals surface area contributed by atoms with Crippen LogP contribution in [0.5, 0.6) is 5.75 Å². The van der Waals surface area contributed by atoms with Crippen molar-refractivity contribution in [2.45, 2.75) is 32.6 Å². The summed E-state index contributed by atoms with van der Waals surface area (Å²) in [6, 6.07) is 10.9. The number of hydrogen-bond acceptors (Lipinski definition) is 3. The molecule has 2 aromatic rings. The van der Waals surface area contributed by atoms with Gasteiger partial charge in [-0.3, -0.25) is 0 Å². The number of hydrogen-bond donors (Lipinski definition) is 1. The molecule has 0 saturated heterocycles. The molecule has 0 amide bonds. The molecule has 5 heteroatoms. The Labute approximate surface area is 138 Å². The average Bonchev–Trinajstić information content (AvgIpc) is 2.50. The van der Waals surface area contributed by atoms with Crippen LogP contribution in [-0.2, 0) is 10.0 Å². The van der Waals surface area contributed by atoms with E-state index in [0.29, 0.717) is 0 Å². The average molecular weight is 333 g/mol. The maximum atomic E-state index is 12.2. The molecule has 0 spiro atoms. The summed E-state index contributed by atoms with van der Waals surface area (Å²) in [6.45, 7) is 8.42. The zero-order valence-corrected chi connectivity index (χ0v) is 14.8. The van der Waals surface area contributed by atoms with Crippen LogP contribution in [0.25, 0.3) is 0 Å². The minimum absolute atomic E-state index is 0.224. The van der Waals surface area contributed by atoms with Gasteiger partial charge >= 0.3 is 0 Å². The highest BCUT2D eigenvalue weighted by Gasteiger charge is 2.13. The third-order valence-corrected chi connectivity index (χ3v) is 5.39. The van der Waals surface area contributed by atoms with E-state index in [9.17, 15) is 8.42 Å². The lowest BCUT2D eigenvalue weighted by Crippen LogP contribution is -2.28. The summed E-state index contributed by atoms with van der Waals surface area (Å²) in [4.78, 5) is 0.284. The van der Waals surface area contributed by atoms with Crippen LogP contribution in [0.4, 0.5) is 0 Å². The minimum Gasteiger partial charge on any atom is -0.492 e. The predicted octanol–water partition coefficient (Wildman–Crippen LogP) is 3.28. The van der Waals surface area contributed by atoms with Crippen molar-refractivity contribution in [2.24, 2.45) is 0 Å². The molecule has 0 aliphatic carbocycles. The molecule has 0 atom stereocenters. The highest BCUT2D eigenvalue weighted by molar-refractivity contribution is 7.89. The molecule has 0 heterocycles. The second-order valence-corrected chi connectivity index (χ2v) is 7.51. The van der Waals surface area contributed by atoms with Crippen molar-refractivity contribution in [2.75, 3.05) is 13.2 Å². The monoisotopic (exact) mass is 333 g/mol. The second-order valence-electron chi connectivity index (χ2n) is 5.74. The largest absolute Gasteiger partial charge is 0.492 e. The highest BCUT2D eigenvalue weighted by Crippen LogP contribution is 2.16.